The molecule has 2 aliphatic heterocycles. The molecule has 2 aliphatic rings. The highest BCUT2D eigenvalue weighted by Gasteiger charge is 2.42. The largest absolute Gasteiger partial charge is 0.416 e. The summed E-state index contributed by atoms with van der Waals surface area (Å²) < 4.78 is 46.8. The smallest absolute Gasteiger partial charge is 0.401 e. The average molecular weight is 675 g/mol. The Hall–Kier alpha value is -3.18. The van der Waals surface area contributed by atoms with Crippen molar-refractivity contribution in [3.8, 4) is 17.3 Å². The standard InChI is InChI=1S/C32H42ClF3N8OSi/c1-30(2,3)46(5,6)45-20-31(4)18-39-28-23(16-37)13-22(14-24(28)31)25-7-10-38-29(40-25)41-27-15-26(33)42-44(27)17-21-8-11-43(12-9-21)19-32(34,35)36/h7,10,13-15,21,39H,8-9,11-12,17-20H2,1-6H3,(H,38,40,41)/t31-/m1/s1. The van der Waals surface area contributed by atoms with Crippen molar-refractivity contribution in [2.75, 3.05) is 43.4 Å². The van der Waals surface area contributed by atoms with Crippen molar-refractivity contribution in [1.82, 2.24) is 24.6 Å². The van der Waals surface area contributed by atoms with Crippen LogP contribution in [-0.4, -0.2) is 71.9 Å². The average Bonchev–Trinajstić information content (AvgIpc) is 3.49. The molecular formula is C32H42ClF3N8OSi. The van der Waals surface area contributed by atoms with Crippen LogP contribution >= 0.6 is 11.6 Å². The van der Waals surface area contributed by atoms with Crippen molar-refractivity contribution < 1.29 is 17.6 Å². The van der Waals surface area contributed by atoms with Gasteiger partial charge in [0, 0.05) is 42.9 Å². The molecular weight excluding hydrogens is 633 g/mol. The number of piperidine rings is 1. The van der Waals surface area contributed by atoms with Crippen molar-refractivity contribution in [2.24, 2.45) is 5.92 Å². The molecule has 0 aliphatic carbocycles. The van der Waals surface area contributed by atoms with Gasteiger partial charge in [0.15, 0.2) is 13.5 Å². The molecule has 1 saturated heterocycles. The molecule has 248 valence electrons. The fraction of sp³-hybridized carbons (Fsp3) is 0.562. The Labute approximate surface area is 274 Å². The van der Waals surface area contributed by atoms with Gasteiger partial charge in [-0.05, 0) is 73.7 Å². The first-order chi connectivity index (χ1) is 21.5. The number of likely N-dealkylation sites (tertiary alicyclic amines) is 1. The highest BCUT2D eigenvalue weighted by Crippen LogP contribution is 2.44. The van der Waals surface area contributed by atoms with E-state index in [-0.39, 0.29) is 21.5 Å². The lowest BCUT2D eigenvalue weighted by Gasteiger charge is -2.39. The van der Waals surface area contributed by atoms with Gasteiger partial charge in [-0.15, -0.1) is 0 Å². The topological polar surface area (TPSA) is 104 Å². The third-order valence-electron chi connectivity index (χ3n) is 9.60. The first kappa shape index (κ1) is 34.2. The highest BCUT2D eigenvalue weighted by molar-refractivity contribution is 6.74. The minimum Gasteiger partial charge on any atom is -0.416 e. The summed E-state index contributed by atoms with van der Waals surface area (Å²) in [6.07, 6.45) is -1.28. The van der Waals surface area contributed by atoms with Gasteiger partial charge in [-0.1, -0.05) is 39.3 Å². The molecule has 0 unspecified atom stereocenters. The Kier molecular flexibility index (Phi) is 9.49. The van der Waals surface area contributed by atoms with E-state index in [1.54, 1.807) is 23.0 Å². The molecule has 1 atom stereocenters. The summed E-state index contributed by atoms with van der Waals surface area (Å²) in [6.45, 7) is 14.9. The predicted octanol–water partition coefficient (Wildman–Crippen LogP) is 7.59. The van der Waals surface area contributed by atoms with Crippen molar-refractivity contribution in [1.29, 1.82) is 5.26 Å². The number of fused-ring (bicyclic) bond motifs is 1. The van der Waals surface area contributed by atoms with Crippen molar-refractivity contribution >= 4 is 37.4 Å². The molecule has 0 amide bonds. The zero-order valence-electron chi connectivity index (χ0n) is 27.2. The second-order valence-electron chi connectivity index (χ2n) is 14.3. The van der Waals surface area contributed by atoms with Crippen LogP contribution in [0.1, 0.15) is 51.7 Å². The lowest BCUT2D eigenvalue weighted by atomic mass is 9.83. The van der Waals surface area contributed by atoms with Gasteiger partial charge in [-0.25, -0.2) is 14.6 Å². The van der Waals surface area contributed by atoms with Crippen LogP contribution in [-0.2, 0) is 16.4 Å². The second kappa shape index (κ2) is 12.8. The number of aromatic nitrogens is 4. The third kappa shape index (κ3) is 7.68. The van der Waals surface area contributed by atoms with Gasteiger partial charge in [-0.2, -0.15) is 23.5 Å². The number of hydrogen-bond donors (Lipinski definition) is 2. The van der Waals surface area contributed by atoms with Crippen LogP contribution in [0.15, 0.2) is 30.5 Å². The molecule has 9 nitrogen and oxygen atoms in total. The number of alkyl halides is 3. The monoisotopic (exact) mass is 674 g/mol. The first-order valence-electron chi connectivity index (χ1n) is 15.6. The number of rotatable bonds is 9. The van der Waals surface area contributed by atoms with E-state index >= 15 is 0 Å². The zero-order valence-corrected chi connectivity index (χ0v) is 29.0. The van der Waals surface area contributed by atoms with Gasteiger partial charge in [0.2, 0.25) is 5.95 Å². The van der Waals surface area contributed by atoms with Crippen LogP contribution in [0, 0.1) is 17.2 Å². The molecule has 3 aromatic rings. The molecule has 0 spiro atoms. The van der Waals surface area contributed by atoms with Crippen LogP contribution < -0.4 is 10.6 Å². The number of nitrogens with zero attached hydrogens (tertiary/aromatic N) is 6. The Morgan fingerprint density at radius 2 is 1.91 bits per heavy atom. The van der Waals surface area contributed by atoms with E-state index in [9.17, 15) is 18.4 Å². The summed E-state index contributed by atoms with van der Waals surface area (Å²) in [4.78, 5) is 10.6. The van der Waals surface area contributed by atoms with E-state index in [4.69, 9.17) is 21.0 Å². The third-order valence-corrected chi connectivity index (χ3v) is 14.3. The van der Waals surface area contributed by atoms with Crippen LogP contribution in [0.4, 0.5) is 30.6 Å². The molecule has 46 heavy (non-hydrogen) atoms. The number of hydrogen-bond acceptors (Lipinski definition) is 8. The predicted molar refractivity (Wildman–Crippen MR) is 177 cm³/mol. The van der Waals surface area contributed by atoms with E-state index in [0.717, 1.165) is 16.8 Å². The Morgan fingerprint density at radius 1 is 1.20 bits per heavy atom. The molecule has 1 aromatic carbocycles. The minimum atomic E-state index is -4.19. The van der Waals surface area contributed by atoms with Crippen molar-refractivity contribution in [3.63, 3.8) is 0 Å². The van der Waals surface area contributed by atoms with E-state index in [1.807, 2.05) is 6.07 Å². The van der Waals surface area contributed by atoms with E-state index in [0.29, 0.717) is 68.7 Å². The van der Waals surface area contributed by atoms with E-state index < -0.39 is 21.0 Å². The second-order valence-corrected chi connectivity index (χ2v) is 19.5. The maximum absolute atomic E-state index is 12.8. The number of anilines is 3. The molecule has 5 rings (SSSR count). The van der Waals surface area contributed by atoms with Gasteiger partial charge in [0.05, 0.1) is 23.5 Å². The summed E-state index contributed by atoms with van der Waals surface area (Å²) in [5, 5.41) is 21.5. The molecule has 2 N–H and O–H groups in total. The van der Waals surface area contributed by atoms with Crippen LogP contribution in [0.5, 0.6) is 0 Å². The Morgan fingerprint density at radius 3 is 2.57 bits per heavy atom. The number of nitriles is 1. The van der Waals surface area contributed by atoms with Gasteiger partial charge in [0.1, 0.15) is 11.9 Å². The number of benzene rings is 1. The van der Waals surface area contributed by atoms with Gasteiger partial charge in [0.25, 0.3) is 0 Å². The maximum Gasteiger partial charge on any atom is 0.401 e. The molecule has 2 aromatic heterocycles. The van der Waals surface area contributed by atoms with Crippen molar-refractivity contribution in [2.45, 2.75) is 76.8 Å². The number of halogens is 4. The quantitative estimate of drug-likeness (QED) is 0.224. The van der Waals surface area contributed by atoms with Crippen molar-refractivity contribution in [3.05, 3.63) is 46.7 Å². The zero-order chi connectivity index (χ0) is 33.5. The normalized spacial score (nSPS) is 19.5. The van der Waals surface area contributed by atoms with Gasteiger partial charge < -0.3 is 15.1 Å². The van der Waals surface area contributed by atoms with Crippen LogP contribution in [0.25, 0.3) is 11.3 Å². The minimum absolute atomic E-state index is 0.0794. The molecule has 14 heteroatoms. The molecule has 1 fully saturated rings. The van der Waals surface area contributed by atoms with E-state index in [1.165, 1.54) is 4.90 Å². The van der Waals surface area contributed by atoms with Gasteiger partial charge >= 0.3 is 6.18 Å². The number of nitrogens with one attached hydrogen (secondary N) is 2. The Balaban J connectivity index is 1.34. The fourth-order valence-corrected chi connectivity index (χ4v) is 7.06. The fourth-order valence-electron chi connectivity index (χ4n) is 5.75. The summed E-state index contributed by atoms with van der Waals surface area (Å²) in [5.74, 6) is 1.08. The summed E-state index contributed by atoms with van der Waals surface area (Å²) in [7, 11) is -2.00. The van der Waals surface area contributed by atoms with E-state index in [2.05, 4.69) is 73.6 Å². The molecule has 0 bridgehead atoms. The molecule has 0 saturated carbocycles. The SMILES string of the molecule is CC(C)(C)[Si](C)(C)OC[C@@]1(C)CNc2c(C#N)cc(-c3ccnc(Nc4cc(Cl)nn4CC4CCN(CC(F)(F)F)CC4)n3)cc21. The Bertz CT molecular complexity index is 1610. The first-order valence-corrected chi connectivity index (χ1v) is 18.8. The summed E-state index contributed by atoms with van der Waals surface area (Å²) >= 11 is 6.27. The van der Waals surface area contributed by atoms with Crippen LogP contribution in [0.2, 0.25) is 23.3 Å². The summed E-state index contributed by atoms with van der Waals surface area (Å²) in [5.41, 5.74) is 3.52. The molecule has 0 radical (unpaired) electrons. The van der Waals surface area contributed by atoms with Crippen LogP contribution in [0.3, 0.4) is 0 Å². The maximum atomic E-state index is 12.8. The lowest BCUT2D eigenvalue weighted by Crippen LogP contribution is -2.45. The van der Waals surface area contributed by atoms with Gasteiger partial charge in [-0.3, -0.25) is 4.90 Å². The summed E-state index contributed by atoms with van der Waals surface area (Å²) in [6, 6.07) is 9.76. The molecule has 4 heterocycles. The highest BCUT2D eigenvalue weighted by atomic mass is 35.5. The lowest BCUT2D eigenvalue weighted by molar-refractivity contribution is -0.148.